The summed E-state index contributed by atoms with van der Waals surface area (Å²) in [6.45, 7) is 1.93. The van der Waals surface area contributed by atoms with Gasteiger partial charge in [-0.15, -0.1) is 0 Å². The number of pyridine rings is 1. The van der Waals surface area contributed by atoms with E-state index in [9.17, 15) is 4.79 Å². The molecule has 2 nitrogen and oxygen atoms in total. The first kappa shape index (κ1) is 8.51. The van der Waals surface area contributed by atoms with Crippen LogP contribution in [0.3, 0.4) is 0 Å². The van der Waals surface area contributed by atoms with Gasteiger partial charge in [-0.25, -0.2) is 0 Å². The minimum Gasteiger partial charge on any atom is -0.313 e. The number of hydrogen-bond donors (Lipinski definition) is 0. The molecule has 0 aliphatic carbocycles. The zero-order valence-electron chi connectivity index (χ0n) is 7.12. The first-order chi connectivity index (χ1) is 6.25. The summed E-state index contributed by atoms with van der Waals surface area (Å²) >= 11 is 3.46. The van der Waals surface area contributed by atoms with Crippen molar-refractivity contribution in [3.8, 4) is 0 Å². The summed E-state index contributed by atoms with van der Waals surface area (Å²) in [5.74, 6) is 0. The quantitative estimate of drug-likeness (QED) is 0.700. The van der Waals surface area contributed by atoms with Crippen molar-refractivity contribution in [1.29, 1.82) is 0 Å². The molecular formula is C10H8BrNO. The molecule has 0 aromatic carbocycles. The second-order valence-corrected chi connectivity index (χ2v) is 3.69. The minimum absolute atomic E-state index is 0.711. The molecule has 13 heavy (non-hydrogen) atoms. The van der Waals surface area contributed by atoms with Crippen LogP contribution in [0.1, 0.15) is 16.1 Å². The predicted octanol–water partition coefficient (Wildman–Crippen LogP) is 2.82. The minimum atomic E-state index is 0.711. The van der Waals surface area contributed by atoms with Crippen LogP contribution in [0.5, 0.6) is 0 Å². The van der Waals surface area contributed by atoms with Crippen LogP contribution in [0.4, 0.5) is 0 Å². The normalized spacial score (nSPS) is 10.6. The van der Waals surface area contributed by atoms with Crippen molar-refractivity contribution < 1.29 is 4.79 Å². The van der Waals surface area contributed by atoms with Gasteiger partial charge in [0.25, 0.3) is 0 Å². The Bertz CT molecular complexity index is 473. The van der Waals surface area contributed by atoms with Crippen LogP contribution >= 0.6 is 15.9 Å². The summed E-state index contributed by atoms with van der Waals surface area (Å²) in [5, 5.41) is 0. The maximum atomic E-state index is 10.8. The Morgan fingerprint density at radius 2 is 2.23 bits per heavy atom. The lowest BCUT2D eigenvalue weighted by Crippen LogP contribution is -1.90. The van der Waals surface area contributed by atoms with Crippen molar-refractivity contribution in [1.82, 2.24) is 4.40 Å². The number of rotatable bonds is 1. The summed E-state index contributed by atoms with van der Waals surface area (Å²) in [6, 6.07) is 5.84. The molecule has 0 aliphatic rings. The lowest BCUT2D eigenvalue weighted by molar-refractivity contribution is 0.111. The standard InChI is InChI=1S/C10H8BrNO/c1-7-9(6-13)12-5-3-2-4-8(12)10(7)11/h2-6H,1H3. The lowest BCUT2D eigenvalue weighted by atomic mass is 10.3. The molecule has 0 saturated carbocycles. The maximum absolute atomic E-state index is 10.8. The van der Waals surface area contributed by atoms with Gasteiger partial charge in [0.05, 0.1) is 11.2 Å². The van der Waals surface area contributed by atoms with E-state index in [0.29, 0.717) is 5.69 Å². The number of fused-ring (bicyclic) bond motifs is 1. The number of aromatic nitrogens is 1. The zero-order valence-corrected chi connectivity index (χ0v) is 8.71. The van der Waals surface area contributed by atoms with Crippen LogP contribution in [0.2, 0.25) is 0 Å². The van der Waals surface area contributed by atoms with Crippen LogP contribution in [0.25, 0.3) is 5.52 Å². The molecule has 0 bridgehead atoms. The molecule has 0 spiro atoms. The van der Waals surface area contributed by atoms with Crippen molar-refractivity contribution in [3.05, 3.63) is 40.1 Å². The van der Waals surface area contributed by atoms with Crippen LogP contribution in [-0.2, 0) is 0 Å². The van der Waals surface area contributed by atoms with Crippen molar-refractivity contribution in [2.24, 2.45) is 0 Å². The highest BCUT2D eigenvalue weighted by Gasteiger charge is 2.10. The summed E-state index contributed by atoms with van der Waals surface area (Å²) in [5.41, 5.74) is 2.73. The topological polar surface area (TPSA) is 21.5 Å². The van der Waals surface area contributed by atoms with Crippen molar-refractivity contribution in [2.45, 2.75) is 6.92 Å². The van der Waals surface area contributed by atoms with Crippen molar-refractivity contribution in [3.63, 3.8) is 0 Å². The molecule has 0 unspecified atom stereocenters. The van der Waals surface area contributed by atoms with E-state index in [1.54, 1.807) is 0 Å². The summed E-state index contributed by atoms with van der Waals surface area (Å²) in [7, 11) is 0. The van der Waals surface area contributed by atoms with Gasteiger partial charge in [-0.2, -0.15) is 0 Å². The van der Waals surface area contributed by atoms with E-state index in [0.717, 1.165) is 21.8 Å². The summed E-state index contributed by atoms with van der Waals surface area (Å²) < 4.78 is 2.88. The molecule has 0 amide bonds. The molecule has 0 N–H and O–H groups in total. The SMILES string of the molecule is Cc1c(Br)c2ccccn2c1C=O. The van der Waals surface area contributed by atoms with E-state index in [4.69, 9.17) is 0 Å². The number of halogens is 1. The van der Waals surface area contributed by atoms with Gasteiger partial charge in [0.1, 0.15) is 0 Å². The van der Waals surface area contributed by atoms with E-state index in [-0.39, 0.29) is 0 Å². The van der Waals surface area contributed by atoms with Crippen LogP contribution in [0, 0.1) is 6.92 Å². The number of carbonyl (C=O) groups excluding carboxylic acids is 1. The second-order valence-electron chi connectivity index (χ2n) is 2.90. The van der Waals surface area contributed by atoms with E-state index in [1.807, 2.05) is 35.7 Å². The molecule has 0 fully saturated rings. The first-order valence-electron chi connectivity index (χ1n) is 3.96. The highest BCUT2D eigenvalue weighted by molar-refractivity contribution is 9.10. The van der Waals surface area contributed by atoms with Gasteiger partial charge in [-0.1, -0.05) is 6.07 Å². The Balaban J connectivity index is 2.98. The average Bonchev–Trinajstić information content (AvgIpc) is 2.41. The number of aldehydes is 1. The fourth-order valence-electron chi connectivity index (χ4n) is 1.46. The zero-order chi connectivity index (χ0) is 9.42. The van der Waals surface area contributed by atoms with E-state index in [1.165, 1.54) is 0 Å². The molecular weight excluding hydrogens is 230 g/mol. The van der Waals surface area contributed by atoms with Gasteiger partial charge >= 0.3 is 0 Å². The average molecular weight is 238 g/mol. The van der Waals surface area contributed by atoms with Crippen molar-refractivity contribution in [2.75, 3.05) is 0 Å². The van der Waals surface area contributed by atoms with E-state index >= 15 is 0 Å². The third-order valence-electron chi connectivity index (χ3n) is 2.17. The molecule has 2 heterocycles. The van der Waals surface area contributed by atoms with Crippen LogP contribution in [0.15, 0.2) is 28.9 Å². The van der Waals surface area contributed by atoms with Crippen molar-refractivity contribution >= 4 is 27.7 Å². The number of nitrogens with zero attached hydrogens (tertiary/aromatic N) is 1. The van der Waals surface area contributed by atoms with Crippen LogP contribution in [-0.4, -0.2) is 10.7 Å². The molecule has 0 atom stereocenters. The second kappa shape index (κ2) is 3.00. The van der Waals surface area contributed by atoms with Crippen LogP contribution < -0.4 is 0 Å². The summed E-state index contributed by atoms with van der Waals surface area (Å²) in [6.07, 6.45) is 2.77. The van der Waals surface area contributed by atoms with E-state index < -0.39 is 0 Å². The third-order valence-corrected chi connectivity index (χ3v) is 3.17. The first-order valence-corrected chi connectivity index (χ1v) is 4.75. The van der Waals surface area contributed by atoms with Gasteiger partial charge < -0.3 is 4.40 Å². The lowest BCUT2D eigenvalue weighted by Gasteiger charge is -1.94. The Hall–Kier alpha value is -1.09. The molecule has 2 aromatic heterocycles. The molecule has 66 valence electrons. The van der Waals surface area contributed by atoms with Gasteiger partial charge in [-0.05, 0) is 40.5 Å². The number of hydrogen-bond acceptors (Lipinski definition) is 1. The molecule has 0 aliphatic heterocycles. The maximum Gasteiger partial charge on any atom is 0.167 e. The fraction of sp³-hybridized carbons (Fsp3) is 0.100. The van der Waals surface area contributed by atoms with Gasteiger partial charge in [0.15, 0.2) is 6.29 Å². The predicted molar refractivity (Wildman–Crippen MR) is 55.2 cm³/mol. The Kier molecular flexibility index (Phi) is 1.96. The summed E-state index contributed by atoms with van der Waals surface area (Å²) in [4.78, 5) is 10.8. The van der Waals surface area contributed by atoms with Gasteiger partial charge in [0, 0.05) is 10.7 Å². The molecule has 0 saturated heterocycles. The Morgan fingerprint density at radius 1 is 1.46 bits per heavy atom. The third kappa shape index (κ3) is 1.11. The molecule has 3 heteroatoms. The van der Waals surface area contributed by atoms with Gasteiger partial charge in [0.2, 0.25) is 0 Å². The highest BCUT2D eigenvalue weighted by Crippen LogP contribution is 2.26. The molecule has 2 rings (SSSR count). The monoisotopic (exact) mass is 237 g/mol. The molecule has 0 radical (unpaired) electrons. The van der Waals surface area contributed by atoms with Gasteiger partial charge in [-0.3, -0.25) is 4.79 Å². The largest absolute Gasteiger partial charge is 0.313 e. The Labute approximate surface area is 84.3 Å². The number of carbonyl (C=O) groups is 1. The molecule has 2 aromatic rings. The Morgan fingerprint density at radius 3 is 2.92 bits per heavy atom. The van der Waals surface area contributed by atoms with E-state index in [2.05, 4.69) is 15.9 Å². The smallest absolute Gasteiger partial charge is 0.167 e. The highest BCUT2D eigenvalue weighted by atomic mass is 79.9. The fourth-order valence-corrected chi connectivity index (χ4v) is 1.99.